The highest BCUT2D eigenvalue weighted by molar-refractivity contribution is 7.90. The van der Waals surface area contributed by atoms with Crippen LogP contribution < -0.4 is 0 Å². The highest BCUT2D eigenvalue weighted by Gasteiger charge is 2.17. The van der Waals surface area contributed by atoms with Gasteiger partial charge in [0, 0.05) is 12.3 Å². The minimum Gasteiger partial charge on any atom is -0.462 e. The van der Waals surface area contributed by atoms with E-state index in [1.54, 1.807) is 24.3 Å². The molecule has 0 radical (unpaired) electrons. The van der Waals surface area contributed by atoms with Gasteiger partial charge in [0.25, 0.3) is 0 Å². The lowest BCUT2D eigenvalue weighted by Gasteiger charge is -2.24. The monoisotopic (exact) mass is 313 g/mol. The Hall–Kier alpha value is -1.40. The van der Waals surface area contributed by atoms with Gasteiger partial charge in [-0.2, -0.15) is 0 Å². The van der Waals surface area contributed by atoms with Crippen molar-refractivity contribution in [2.75, 3.05) is 19.8 Å². The van der Waals surface area contributed by atoms with Crippen molar-refractivity contribution in [3.05, 3.63) is 29.8 Å². The van der Waals surface area contributed by atoms with Crippen molar-refractivity contribution in [2.45, 2.75) is 37.8 Å². The molecule has 5 nitrogen and oxygen atoms in total. The Balaban J connectivity index is 2.74. The largest absolute Gasteiger partial charge is 0.462 e. The summed E-state index contributed by atoms with van der Waals surface area (Å²) in [4.78, 5) is 13.8. The lowest BCUT2D eigenvalue weighted by molar-refractivity contribution is -0.148. The summed E-state index contributed by atoms with van der Waals surface area (Å²) in [6, 6.07) is 6.69. The van der Waals surface area contributed by atoms with E-state index in [-0.39, 0.29) is 24.7 Å². The maximum Gasteiger partial charge on any atom is 0.320 e. The van der Waals surface area contributed by atoms with Gasteiger partial charge >= 0.3 is 5.97 Å². The van der Waals surface area contributed by atoms with Crippen LogP contribution in [0.15, 0.2) is 29.2 Å². The summed E-state index contributed by atoms with van der Waals surface area (Å²) < 4.78 is 28.0. The second-order valence-electron chi connectivity index (χ2n) is 5.47. The Morgan fingerprint density at radius 2 is 1.71 bits per heavy atom. The van der Waals surface area contributed by atoms with Crippen molar-refractivity contribution in [3.63, 3.8) is 0 Å². The number of benzene rings is 1. The van der Waals surface area contributed by atoms with Crippen LogP contribution in [0.1, 0.15) is 32.4 Å². The third-order valence-electron chi connectivity index (χ3n) is 3.20. The van der Waals surface area contributed by atoms with Crippen LogP contribution in [0.2, 0.25) is 0 Å². The second-order valence-corrected chi connectivity index (χ2v) is 7.49. The van der Waals surface area contributed by atoms with E-state index in [1.165, 1.54) is 6.26 Å². The van der Waals surface area contributed by atoms with E-state index in [1.807, 2.05) is 32.7 Å². The number of nitrogens with zero attached hydrogens (tertiary/aromatic N) is 1. The number of carbonyl (C=O) groups is 1. The molecule has 0 bridgehead atoms. The summed E-state index contributed by atoms with van der Waals surface area (Å²) in [5.41, 5.74) is 0.947. The number of likely N-dealkylation sites (N-methyl/N-ethyl adjacent to an activating group) is 1. The zero-order chi connectivity index (χ0) is 16.2. The lowest BCUT2D eigenvalue weighted by Crippen LogP contribution is -2.31. The first kappa shape index (κ1) is 17.7. The number of carbonyl (C=O) groups excluding carboxylic acids is 1. The number of esters is 1. The van der Waals surface area contributed by atoms with E-state index in [0.29, 0.717) is 4.90 Å². The Bertz CT molecular complexity index is 578. The van der Waals surface area contributed by atoms with Gasteiger partial charge in [0.05, 0.1) is 17.5 Å². The second kappa shape index (κ2) is 7.04. The SMILES string of the molecule is CC(C)OC(=O)CN(C)C(C)c1ccc(S(C)(=O)=O)cc1. The van der Waals surface area contributed by atoms with E-state index in [0.717, 1.165) is 5.56 Å². The average Bonchev–Trinajstić information content (AvgIpc) is 2.35. The van der Waals surface area contributed by atoms with Gasteiger partial charge in [-0.25, -0.2) is 8.42 Å². The third-order valence-corrected chi connectivity index (χ3v) is 4.33. The molecular formula is C15H23NO4S. The smallest absolute Gasteiger partial charge is 0.320 e. The molecule has 1 aromatic rings. The minimum absolute atomic E-state index is 0.0154. The topological polar surface area (TPSA) is 63.7 Å². The Labute approximate surface area is 126 Å². The summed E-state index contributed by atoms with van der Waals surface area (Å²) in [5.74, 6) is -0.271. The summed E-state index contributed by atoms with van der Waals surface area (Å²) in [6.07, 6.45) is 1.05. The van der Waals surface area contributed by atoms with Crippen LogP contribution in [0.3, 0.4) is 0 Å². The molecule has 0 spiro atoms. The van der Waals surface area contributed by atoms with Crippen molar-refractivity contribution in [3.8, 4) is 0 Å². The molecule has 0 aliphatic heterocycles. The first-order valence-corrected chi connectivity index (χ1v) is 8.70. The molecule has 1 aromatic carbocycles. The molecule has 118 valence electrons. The molecule has 0 aliphatic rings. The van der Waals surface area contributed by atoms with Gasteiger partial charge < -0.3 is 4.74 Å². The third kappa shape index (κ3) is 5.47. The fourth-order valence-corrected chi connectivity index (χ4v) is 2.52. The first-order valence-electron chi connectivity index (χ1n) is 6.81. The van der Waals surface area contributed by atoms with E-state index in [2.05, 4.69) is 0 Å². The van der Waals surface area contributed by atoms with E-state index < -0.39 is 9.84 Å². The van der Waals surface area contributed by atoms with E-state index in [4.69, 9.17) is 4.74 Å². The Kier molecular flexibility index (Phi) is 5.92. The van der Waals surface area contributed by atoms with Gasteiger partial charge in [-0.15, -0.1) is 0 Å². The molecule has 0 heterocycles. The van der Waals surface area contributed by atoms with Crippen LogP contribution in [0.25, 0.3) is 0 Å². The average molecular weight is 313 g/mol. The van der Waals surface area contributed by atoms with Crippen LogP contribution in [0, 0.1) is 0 Å². The van der Waals surface area contributed by atoms with Crippen molar-refractivity contribution in [2.24, 2.45) is 0 Å². The number of hydrogen-bond donors (Lipinski definition) is 0. The van der Waals surface area contributed by atoms with Gasteiger partial charge in [-0.05, 0) is 45.5 Å². The summed E-state index contributed by atoms with van der Waals surface area (Å²) in [7, 11) is -1.36. The summed E-state index contributed by atoms with van der Waals surface area (Å²) >= 11 is 0. The van der Waals surface area contributed by atoms with E-state index >= 15 is 0 Å². The van der Waals surface area contributed by atoms with Crippen LogP contribution in [-0.2, 0) is 19.4 Å². The quantitative estimate of drug-likeness (QED) is 0.752. The fraction of sp³-hybridized carbons (Fsp3) is 0.533. The molecule has 1 atom stereocenters. The highest BCUT2D eigenvalue weighted by atomic mass is 32.2. The molecular weight excluding hydrogens is 290 g/mol. The Morgan fingerprint density at radius 3 is 2.14 bits per heavy atom. The molecule has 0 N–H and O–H groups in total. The zero-order valence-corrected chi connectivity index (χ0v) is 14.0. The molecule has 0 amide bonds. The van der Waals surface area contributed by atoms with Crippen LogP contribution in [0.5, 0.6) is 0 Å². The molecule has 0 fully saturated rings. The summed E-state index contributed by atoms with van der Waals surface area (Å²) in [5, 5.41) is 0. The molecule has 1 unspecified atom stereocenters. The fourth-order valence-electron chi connectivity index (χ4n) is 1.89. The lowest BCUT2D eigenvalue weighted by atomic mass is 10.1. The number of ether oxygens (including phenoxy) is 1. The number of sulfone groups is 1. The molecule has 0 saturated heterocycles. The van der Waals surface area contributed by atoms with Gasteiger partial charge in [0.1, 0.15) is 0 Å². The normalized spacial score (nSPS) is 13.5. The van der Waals surface area contributed by atoms with Crippen molar-refractivity contribution >= 4 is 15.8 Å². The van der Waals surface area contributed by atoms with Crippen molar-refractivity contribution in [1.29, 1.82) is 0 Å². The van der Waals surface area contributed by atoms with Crippen LogP contribution in [-0.4, -0.2) is 45.2 Å². The number of hydrogen-bond acceptors (Lipinski definition) is 5. The predicted octanol–water partition coefficient (Wildman–Crippen LogP) is 2.03. The predicted molar refractivity (Wildman–Crippen MR) is 81.8 cm³/mol. The molecule has 0 saturated carbocycles. The molecule has 0 aromatic heterocycles. The maximum absolute atomic E-state index is 11.6. The van der Waals surface area contributed by atoms with Crippen LogP contribution >= 0.6 is 0 Å². The van der Waals surface area contributed by atoms with Crippen LogP contribution in [0.4, 0.5) is 0 Å². The standard InChI is InChI=1S/C15H23NO4S/c1-11(2)20-15(17)10-16(4)12(3)13-6-8-14(9-7-13)21(5,18)19/h6-9,11-12H,10H2,1-5H3. The van der Waals surface area contributed by atoms with Gasteiger partial charge in [-0.1, -0.05) is 12.1 Å². The molecule has 1 rings (SSSR count). The first-order chi connectivity index (χ1) is 9.61. The van der Waals surface area contributed by atoms with Crippen molar-refractivity contribution < 1.29 is 17.9 Å². The van der Waals surface area contributed by atoms with E-state index in [9.17, 15) is 13.2 Å². The highest BCUT2D eigenvalue weighted by Crippen LogP contribution is 2.20. The summed E-state index contributed by atoms with van der Waals surface area (Å²) in [6.45, 7) is 5.77. The minimum atomic E-state index is -3.19. The Morgan fingerprint density at radius 1 is 1.19 bits per heavy atom. The van der Waals surface area contributed by atoms with Crippen molar-refractivity contribution in [1.82, 2.24) is 4.90 Å². The maximum atomic E-state index is 11.6. The number of rotatable bonds is 6. The van der Waals surface area contributed by atoms with Gasteiger partial charge in [-0.3, -0.25) is 9.69 Å². The van der Waals surface area contributed by atoms with Gasteiger partial charge in [0.2, 0.25) is 0 Å². The molecule has 6 heteroatoms. The molecule has 21 heavy (non-hydrogen) atoms. The zero-order valence-electron chi connectivity index (χ0n) is 13.2. The van der Waals surface area contributed by atoms with Gasteiger partial charge in [0.15, 0.2) is 9.84 Å². The molecule has 0 aliphatic carbocycles.